The molecule has 90 valence electrons. The van der Waals surface area contributed by atoms with Crippen molar-refractivity contribution in [2.24, 2.45) is 0 Å². The lowest BCUT2D eigenvalue weighted by molar-refractivity contribution is -0.133. The first-order valence-corrected chi connectivity index (χ1v) is 5.48. The average molecular weight is 262 g/mol. The number of hydrogen-bond acceptors (Lipinski definition) is 4. The molecule has 0 heterocycles. The van der Waals surface area contributed by atoms with Crippen molar-refractivity contribution in [2.75, 3.05) is 5.75 Å². The molecule has 0 aromatic heterocycles. The highest BCUT2D eigenvalue weighted by molar-refractivity contribution is 7.85. The number of carboxylic acids is 2. The van der Waals surface area contributed by atoms with Crippen LogP contribution in [0.5, 0.6) is 0 Å². The van der Waals surface area contributed by atoms with Crippen LogP contribution in [0.25, 0.3) is 0 Å². The van der Waals surface area contributed by atoms with Crippen molar-refractivity contribution in [1.82, 2.24) is 0 Å². The largest absolute Gasteiger partial charge is 0.478 e. The molecule has 0 saturated carbocycles. The SMILES string of the molecule is CC(=CC(S)(C=C(C)C(=O)O)CS)C(=O)O. The molecule has 0 saturated heterocycles. The Labute approximate surface area is 105 Å². The zero-order chi connectivity index (χ0) is 12.9. The summed E-state index contributed by atoms with van der Waals surface area (Å²) < 4.78 is -0.978. The maximum absolute atomic E-state index is 10.6. The van der Waals surface area contributed by atoms with Gasteiger partial charge in [-0.05, 0) is 13.8 Å². The molecule has 16 heavy (non-hydrogen) atoms. The first-order valence-electron chi connectivity index (χ1n) is 4.40. The third kappa shape index (κ3) is 4.76. The van der Waals surface area contributed by atoms with Crippen LogP contribution >= 0.6 is 25.3 Å². The van der Waals surface area contributed by atoms with E-state index >= 15 is 0 Å². The van der Waals surface area contributed by atoms with Gasteiger partial charge in [0.05, 0.1) is 4.75 Å². The van der Waals surface area contributed by atoms with Crippen molar-refractivity contribution in [3.8, 4) is 0 Å². The van der Waals surface area contributed by atoms with E-state index in [1.54, 1.807) is 0 Å². The van der Waals surface area contributed by atoms with Gasteiger partial charge in [-0.15, -0.1) is 0 Å². The predicted octanol–water partition coefficient (Wildman–Crippen LogP) is 1.65. The van der Waals surface area contributed by atoms with Gasteiger partial charge in [0.1, 0.15) is 0 Å². The molecule has 0 amide bonds. The predicted molar refractivity (Wildman–Crippen MR) is 68.4 cm³/mol. The Morgan fingerprint density at radius 3 is 1.62 bits per heavy atom. The van der Waals surface area contributed by atoms with Crippen molar-refractivity contribution < 1.29 is 19.8 Å². The molecule has 0 aromatic carbocycles. The van der Waals surface area contributed by atoms with Crippen LogP contribution in [0.1, 0.15) is 13.8 Å². The van der Waals surface area contributed by atoms with Gasteiger partial charge < -0.3 is 10.2 Å². The van der Waals surface area contributed by atoms with Gasteiger partial charge in [0.25, 0.3) is 0 Å². The minimum atomic E-state index is -1.07. The fourth-order valence-electron chi connectivity index (χ4n) is 1.01. The molecule has 0 rings (SSSR count). The van der Waals surface area contributed by atoms with E-state index in [1.165, 1.54) is 26.0 Å². The molecule has 0 bridgehead atoms. The highest BCUT2D eigenvalue weighted by atomic mass is 32.1. The average Bonchev–Trinajstić information content (AvgIpc) is 2.17. The van der Waals surface area contributed by atoms with Crippen LogP contribution in [0, 0.1) is 0 Å². The molecular weight excluding hydrogens is 248 g/mol. The molecule has 6 heteroatoms. The van der Waals surface area contributed by atoms with Gasteiger partial charge in [-0.25, -0.2) is 9.59 Å². The Kier molecular flexibility index (Phi) is 5.67. The quantitative estimate of drug-likeness (QED) is 0.449. The van der Waals surface area contributed by atoms with E-state index in [2.05, 4.69) is 25.3 Å². The normalized spacial score (nSPS) is 16.8. The van der Waals surface area contributed by atoms with E-state index in [1.807, 2.05) is 0 Å². The molecule has 0 radical (unpaired) electrons. The minimum absolute atomic E-state index is 0.0958. The van der Waals surface area contributed by atoms with Crippen LogP contribution in [0.4, 0.5) is 0 Å². The second-order valence-electron chi connectivity index (χ2n) is 3.41. The summed E-state index contributed by atoms with van der Waals surface area (Å²) in [5.41, 5.74) is 0.192. The van der Waals surface area contributed by atoms with Gasteiger partial charge in [0.15, 0.2) is 0 Å². The van der Waals surface area contributed by atoms with E-state index in [4.69, 9.17) is 10.2 Å². The molecule has 0 aliphatic rings. The molecule has 0 atom stereocenters. The van der Waals surface area contributed by atoms with Crippen molar-refractivity contribution in [2.45, 2.75) is 18.6 Å². The van der Waals surface area contributed by atoms with Crippen LogP contribution in [0.15, 0.2) is 23.3 Å². The lowest BCUT2D eigenvalue weighted by Gasteiger charge is -2.19. The van der Waals surface area contributed by atoms with Crippen LogP contribution < -0.4 is 0 Å². The maximum atomic E-state index is 10.6. The summed E-state index contributed by atoms with van der Waals surface area (Å²) in [5, 5.41) is 17.4. The maximum Gasteiger partial charge on any atom is 0.331 e. The van der Waals surface area contributed by atoms with Gasteiger partial charge in [0.2, 0.25) is 0 Å². The summed E-state index contributed by atoms with van der Waals surface area (Å²) in [6, 6.07) is 0. The fraction of sp³-hybridized carbons (Fsp3) is 0.400. The van der Waals surface area contributed by atoms with E-state index in [0.717, 1.165) is 0 Å². The molecule has 0 aliphatic heterocycles. The second kappa shape index (κ2) is 6.00. The summed E-state index contributed by atoms with van der Waals surface area (Å²) >= 11 is 8.27. The zero-order valence-electron chi connectivity index (χ0n) is 8.97. The molecule has 4 nitrogen and oxygen atoms in total. The second-order valence-corrected chi connectivity index (χ2v) is 4.56. The standard InChI is InChI=1S/C10H14O4S2/c1-6(8(11)12)3-10(16,5-15)4-7(2)9(13)14/h3-4,15-16H,5H2,1-2H3,(H,11,12)(H,13,14). The van der Waals surface area contributed by atoms with E-state index in [0.29, 0.717) is 0 Å². The van der Waals surface area contributed by atoms with Crippen molar-refractivity contribution in [3.05, 3.63) is 23.3 Å². The van der Waals surface area contributed by atoms with Crippen molar-refractivity contribution in [1.29, 1.82) is 0 Å². The lowest BCUT2D eigenvalue weighted by atomic mass is 10.0. The summed E-state index contributed by atoms with van der Waals surface area (Å²) in [4.78, 5) is 21.3. The number of carbonyl (C=O) groups is 2. The minimum Gasteiger partial charge on any atom is -0.478 e. The highest BCUT2D eigenvalue weighted by Gasteiger charge is 2.21. The zero-order valence-corrected chi connectivity index (χ0v) is 10.8. The molecule has 0 spiro atoms. The van der Waals surface area contributed by atoms with Gasteiger partial charge in [0, 0.05) is 16.9 Å². The summed E-state index contributed by atoms with van der Waals surface area (Å²) in [7, 11) is 0. The molecule has 2 N–H and O–H groups in total. The Bertz CT molecular complexity index is 328. The Morgan fingerprint density at radius 1 is 1.12 bits per heavy atom. The third-order valence-electron chi connectivity index (χ3n) is 1.86. The number of carboxylic acid groups (broad SMARTS) is 2. The van der Waals surface area contributed by atoms with E-state index in [9.17, 15) is 9.59 Å². The monoisotopic (exact) mass is 262 g/mol. The van der Waals surface area contributed by atoms with Crippen LogP contribution in [0.3, 0.4) is 0 Å². The van der Waals surface area contributed by atoms with Crippen LogP contribution in [-0.2, 0) is 9.59 Å². The molecule has 0 fully saturated rings. The topological polar surface area (TPSA) is 74.6 Å². The smallest absolute Gasteiger partial charge is 0.331 e. The van der Waals surface area contributed by atoms with Crippen molar-refractivity contribution >= 4 is 37.2 Å². The Morgan fingerprint density at radius 2 is 1.44 bits per heavy atom. The van der Waals surface area contributed by atoms with Gasteiger partial charge in [-0.2, -0.15) is 25.3 Å². The summed E-state index contributed by atoms with van der Waals surface area (Å²) in [6.07, 6.45) is 2.75. The third-order valence-corrected chi connectivity index (χ3v) is 3.05. The summed E-state index contributed by atoms with van der Waals surface area (Å²) in [5.74, 6) is -1.94. The van der Waals surface area contributed by atoms with Crippen LogP contribution in [-0.4, -0.2) is 32.7 Å². The van der Waals surface area contributed by atoms with Crippen molar-refractivity contribution in [3.63, 3.8) is 0 Å². The number of thiol groups is 2. The molecule has 0 aromatic rings. The van der Waals surface area contributed by atoms with Crippen LogP contribution in [0.2, 0.25) is 0 Å². The highest BCUT2D eigenvalue weighted by Crippen LogP contribution is 2.24. The summed E-state index contributed by atoms with van der Waals surface area (Å²) in [6.45, 7) is 2.83. The fourth-order valence-corrected chi connectivity index (χ4v) is 1.58. The molecule has 0 unspecified atom stereocenters. The van der Waals surface area contributed by atoms with Gasteiger partial charge in [-0.1, -0.05) is 12.2 Å². The lowest BCUT2D eigenvalue weighted by Crippen LogP contribution is -2.21. The van der Waals surface area contributed by atoms with E-state index in [-0.39, 0.29) is 16.9 Å². The van der Waals surface area contributed by atoms with E-state index < -0.39 is 16.7 Å². The molecule has 0 aliphatic carbocycles. The number of aliphatic carboxylic acids is 2. The Hall–Kier alpha value is -0.880. The first kappa shape index (κ1) is 15.1. The number of rotatable bonds is 5. The first-order chi connectivity index (χ1) is 7.22. The number of hydrogen-bond donors (Lipinski definition) is 4. The van der Waals surface area contributed by atoms with Gasteiger partial charge in [-0.3, -0.25) is 0 Å². The van der Waals surface area contributed by atoms with Gasteiger partial charge >= 0.3 is 11.9 Å². The molecular formula is C10H14O4S2. The Balaban J connectivity index is 5.23.